The summed E-state index contributed by atoms with van der Waals surface area (Å²) < 4.78 is 0. The van der Waals surface area contributed by atoms with Crippen molar-refractivity contribution in [1.29, 1.82) is 0 Å². The molecule has 0 heterocycles. The average molecular weight is 337 g/mol. The fourth-order valence-corrected chi connectivity index (χ4v) is 4.38. The zero-order chi connectivity index (χ0) is 14.9. The van der Waals surface area contributed by atoms with Gasteiger partial charge in [-0.15, -0.1) is 0 Å². The van der Waals surface area contributed by atoms with Crippen LogP contribution < -0.4 is 0 Å². The van der Waals surface area contributed by atoms with Crippen LogP contribution in [0.2, 0.25) is 0 Å². The van der Waals surface area contributed by atoms with Crippen LogP contribution in [-0.2, 0) is 6.42 Å². The van der Waals surface area contributed by atoms with Crippen molar-refractivity contribution in [3.8, 4) is 0 Å². The topological polar surface area (TPSA) is 0 Å². The lowest BCUT2D eigenvalue weighted by atomic mass is 9.68. The third kappa shape index (κ3) is 4.10. The number of hydrogen-bond donors (Lipinski definition) is 0. The van der Waals surface area contributed by atoms with E-state index in [-0.39, 0.29) is 0 Å². The van der Waals surface area contributed by atoms with Gasteiger partial charge in [0, 0.05) is 4.83 Å². The van der Waals surface area contributed by atoms with Crippen LogP contribution in [0, 0.1) is 31.1 Å². The molecule has 0 aliphatic heterocycles. The molecule has 0 amide bonds. The van der Waals surface area contributed by atoms with Gasteiger partial charge in [0.1, 0.15) is 0 Å². The summed E-state index contributed by atoms with van der Waals surface area (Å²) in [4.78, 5) is 0.696. The van der Waals surface area contributed by atoms with Gasteiger partial charge >= 0.3 is 0 Å². The van der Waals surface area contributed by atoms with Gasteiger partial charge in [-0.3, -0.25) is 0 Å². The fourth-order valence-electron chi connectivity index (χ4n) is 3.71. The lowest BCUT2D eigenvalue weighted by molar-refractivity contribution is 0.146. The van der Waals surface area contributed by atoms with Gasteiger partial charge in [0.2, 0.25) is 0 Å². The van der Waals surface area contributed by atoms with Crippen LogP contribution in [0.5, 0.6) is 0 Å². The molecule has 3 unspecified atom stereocenters. The van der Waals surface area contributed by atoms with Gasteiger partial charge in [0.25, 0.3) is 0 Å². The van der Waals surface area contributed by atoms with E-state index in [9.17, 15) is 0 Å². The average Bonchev–Trinajstić information content (AvgIpc) is 2.29. The Hall–Kier alpha value is -0.300. The Bertz CT molecular complexity index is 435. The number of benzene rings is 1. The molecule has 2 rings (SSSR count). The van der Waals surface area contributed by atoms with Gasteiger partial charge in [-0.05, 0) is 62.3 Å². The highest BCUT2D eigenvalue weighted by Gasteiger charge is 2.34. The molecule has 1 aromatic carbocycles. The molecule has 3 atom stereocenters. The van der Waals surface area contributed by atoms with E-state index in [1.807, 2.05) is 0 Å². The molecular weight excluding hydrogens is 308 g/mol. The molecule has 1 saturated carbocycles. The third-order valence-electron chi connectivity index (χ3n) is 4.89. The molecule has 1 aliphatic rings. The lowest BCUT2D eigenvalue weighted by Gasteiger charge is -2.40. The van der Waals surface area contributed by atoms with Crippen LogP contribution in [0.25, 0.3) is 0 Å². The third-order valence-corrected chi connectivity index (χ3v) is 6.10. The molecule has 0 nitrogen and oxygen atoms in total. The van der Waals surface area contributed by atoms with Crippen LogP contribution in [0.1, 0.15) is 56.7 Å². The summed E-state index contributed by atoms with van der Waals surface area (Å²) in [6.45, 7) is 11.6. The normalized spacial score (nSPS) is 27.6. The monoisotopic (exact) mass is 336 g/mol. The predicted molar refractivity (Wildman–Crippen MR) is 92.6 cm³/mol. The Morgan fingerprint density at radius 3 is 2.20 bits per heavy atom. The first-order valence-electron chi connectivity index (χ1n) is 7.97. The predicted octanol–water partition coefficient (Wildman–Crippen LogP) is 6.07. The van der Waals surface area contributed by atoms with Crippen molar-refractivity contribution in [3.05, 3.63) is 34.9 Å². The van der Waals surface area contributed by atoms with Crippen molar-refractivity contribution in [2.75, 3.05) is 0 Å². The smallest absolute Gasteiger partial charge is 0.0177 e. The van der Waals surface area contributed by atoms with Crippen LogP contribution in [0.15, 0.2) is 18.2 Å². The van der Waals surface area contributed by atoms with Gasteiger partial charge in [0.15, 0.2) is 0 Å². The van der Waals surface area contributed by atoms with Crippen LogP contribution >= 0.6 is 15.9 Å². The molecule has 1 heteroatoms. The van der Waals surface area contributed by atoms with E-state index in [2.05, 4.69) is 68.7 Å². The number of rotatable bonds is 2. The maximum Gasteiger partial charge on any atom is 0.0177 e. The van der Waals surface area contributed by atoms with Crippen molar-refractivity contribution < 1.29 is 0 Å². The number of aryl methyl sites for hydroxylation is 2. The molecule has 1 fully saturated rings. The highest BCUT2D eigenvalue weighted by molar-refractivity contribution is 9.09. The van der Waals surface area contributed by atoms with E-state index in [4.69, 9.17) is 0 Å². The van der Waals surface area contributed by atoms with Crippen LogP contribution in [0.3, 0.4) is 0 Å². The highest BCUT2D eigenvalue weighted by Crippen LogP contribution is 2.43. The van der Waals surface area contributed by atoms with Crippen molar-refractivity contribution >= 4 is 15.9 Å². The summed E-state index contributed by atoms with van der Waals surface area (Å²) in [5.41, 5.74) is 4.77. The van der Waals surface area contributed by atoms with Crippen molar-refractivity contribution in [3.63, 3.8) is 0 Å². The van der Waals surface area contributed by atoms with E-state index in [0.717, 1.165) is 11.8 Å². The van der Waals surface area contributed by atoms with E-state index >= 15 is 0 Å². The first-order chi connectivity index (χ1) is 9.25. The second kappa shape index (κ2) is 6.22. The molecule has 112 valence electrons. The second-order valence-electron chi connectivity index (χ2n) is 7.85. The summed E-state index contributed by atoms with van der Waals surface area (Å²) in [6.07, 6.45) is 5.30. The Morgan fingerprint density at radius 2 is 1.65 bits per heavy atom. The van der Waals surface area contributed by atoms with Gasteiger partial charge in [-0.25, -0.2) is 0 Å². The molecule has 0 aromatic heterocycles. The molecule has 0 radical (unpaired) electrons. The Labute approximate surface area is 133 Å². The number of halogens is 1. The first-order valence-corrected chi connectivity index (χ1v) is 8.88. The van der Waals surface area contributed by atoms with Crippen LogP contribution in [-0.4, -0.2) is 4.83 Å². The number of hydrogen-bond acceptors (Lipinski definition) is 0. The highest BCUT2D eigenvalue weighted by atomic mass is 79.9. The summed E-state index contributed by atoms with van der Waals surface area (Å²) in [7, 11) is 0. The summed E-state index contributed by atoms with van der Waals surface area (Å²) >= 11 is 3.94. The standard InChI is InChI=1S/C19H29Br/c1-13-8-14(2)10-15(9-13)11-16-12-17(19(3,4)5)6-7-18(16)20/h8-10,16-18H,6-7,11-12H2,1-5H3. The summed E-state index contributed by atoms with van der Waals surface area (Å²) in [6, 6.07) is 7.01. The summed E-state index contributed by atoms with van der Waals surface area (Å²) in [5, 5.41) is 0. The van der Waals surface area contributed by atoms with Crippen molar-refractivity contribution in [1.82, 2.24) is 0 Å². The van der Waals surface area contributed by atoms with Crippen LogP contribution in [0.4, 0.5) is 0 Å². The minimum absolute atomic E-state index is 0.452. The van der Waals surface area contributed by atoms with Gasteiger partial charge in [-0.2, -0.15) is 0 Å². The molecule has 0 N–H and O–H groups in total. The summed E-state index contributed by atoms with van der Waals surface area (Å²) in [5.74, 6) is 1.65. The zero-order valence-corrected chi connectivity index (χ0v) is 15.3. The zero-order valence-electron chi connectivity index (χ0n) is 13.7. The lowest BCUT2D eigenvalue weighted by Crippen LogP contribution is -2.33. The van der Waals surface area contributed by atoms with Crippen molar-refractivity contribution in [2.45, 2.75) is 65.1 Å². The molecular formula is C19H29Br. The molecule has 0 spiro atoms. The molecule has 1 aromatic rings. The Balaban J connectivity index is 2.10. The molecule has 0 bridgehead atoms. The van der Waals surface area contributed by atoms with Gasteiger partial charge in [-0.1, -0.05) is 66.0 Å². The molecule has 0 saturated heterocycles. The van der Waals surface area contributed by atoms with E-state index in [1.54, 1.807) is 0 Å². The van der Waals surface area contributed by atoms with Gasteiger partial charge < -0.3 is 0 Å². The van der Waals surface area contributed by atoms with E-state index < -0.39 is 0 Å². The van der Waals surface area contributed by atoms with E-state index in [1.165, 1.54) is 42.4 Å². The number of alkyl halides is 1. The van der Waals surface area contributed by atoms with E-state index in [0.29, 0.717) is 10.2 Å². The maximum absolute atomic E-state index is 3.94. The molecule has 20 heavy (non-hydrogen) atoms. The largest absolute Gasteiger partial charge is 0.0888 e. The maximum atomic E-state index is 3.94. The molecule has 1 aliphatic carbocycles. The minimum Gasteiger partial charge on any atom is -0.0888 e. The SMILES string of the molecule is Cc1cc(C)cc(CC2CC(C(C)(C)C)CCC2Br)c1. The fraction of sp³-hybridized carbons (Fsp3) is 0.684. The first kappa shape index (κ1) is 16.1. The van der Waals surface area contributed by atoms with Gasteiger partial charge in [0.05, 0.1) is 0 Å². The second-order valence-corrected chi connectivity index (χ2v) is 9.03. The Kier molecular flexibility index (Phi) is 5.00. The minimum atomic E-state index is 0.452. The Morgan fingerprint density at radius 1 is 1.05 bits per heavy atom. The quantitative estimate of drug-likeness (QED) is 0.574. The van der Waals surface area contributed by atoms with Crippen molar-refractivity contribution in [2.24, 2.45) is 17.3 Å².